The highest BCUT2D eigenvalue weighted by Gasteiger charge is 2.08. The number of carbonyl (C=O) groups is 1. The van der Waals surface area contributed by atoms with Gasteiger partial charge in [0, 0.05) is 6.08 Å². The van der Waals surface area contributed by atoms with Crippen molar-refractivity contribution in [1.29, 1.82) is 0 Å². The Morgan fingerprint density at radius 2 is 1.85 bits per heavy atom. The van der Waals surface area contributed by atoms with Crippen LogP contribution in [-0.2, 0) is 11.2 Å². The van der Waals surface area contributed by atoms with Gasteiger partial charge in [-0.1, -0.05) is 43.3 Å². The molecule has 0 heterocycles. The standard InChI is InChI=1S/C17H15FO2/c1-2-12-6-8-13(9-7-12)16(11-17(19)20)14-4-3-5-15(18)10-14/h3-11H,2H2,1H3,(H,19,20)/b16-11-. The molecule has 0 aliphatic carbocycles. The average Bonchev–Trinajstić information content (AvgIpc) is 2.45. The van der Waals surface area contributed by atoms with E-state index in [1.807, 2.05) is 24.3 Å². The van der Waals surface area contributed by atoms with Crippen LogP contribution < -0.4 is 0 Å². The van der Waals surface area contributed by atoms with E-state index < -0.39 is 5.97 Å². The number of carboxylic acid groups (broad SMARTS) is 1. The summed E-state index contributed by atoms with van der Waals surface area (Å²) in [5.74, 6) is -1.44. The maximum absolute atomic E-state index is 13.3. The van der Waals surface area contributed by atoms with E-state index in [0.29, 0.717) is 11.1 Å². The normalized spacial score (nSPS) is 11.4. The average molecular weight is 270 g/mol. The summed E-state index contributed by atoms with van der Waals surface area (Å²) in [4.78, 5) is 11.0. The summed E-state index contributed by atoms with van der Waals surface area (Å²) in [5, 5.41) is 9.01. The van der Waals surface area contributed by atoms with Crippen molar-refractivity contribution < 1.29 is 14.3 Å². The molecule has 0 fully saturated rings. The minimum Gasteiger partial charge on any atom is -0.478 e. The molecule has 0 bridgehead atoms. The lowest BCUT2D eigenvalue weighted by Gasteiger charge is -2.08. The fourth-order valence-corrected chi connectivity index (χ4v) is 2.03. The van der Waals surface area contributed by atoms with Crippen LogP contribution in [0.5, 0.6) is 0 Å². The third-order valence-electron chi connectivity index (χ3n) is 3.08. The van der Waals surface area contributed by atoms with Gasteiger partial charge in [-0.05, 0) is 40.8 Å². The van der Waals surface area contributed by atoms with E-state index in [0.717, 1.165) is 18.1 Å². The minimum atomic E-state index is -1.05. The number of carboxylic acids is 1. The highest BCUT2D eigenvalue weighted by molar-refractivity contribution is 5.95. The Labute approximate surface area is 117 Å². The summed E-state index contributed by atoms with van der Waals surface area (Å²) in [5.41, 5.74) is 2.98. The van der Waals surface area contributed by atoms with Gasteiger partial charge in [-0.2, -0.15) is 0 Å². The number of rotatable bonds is 4. The second kappa shape index (κ2) is 6.15. The van der Waals surface area contributed by atoms with Crippen LogP contribution in [0.3, 0.4) is 0 Å². The molecular weight excluding hydrogens is 255 g/mol. The molecule has 0 amide bonds. The number of benzene rings is 2. The first-order valence-electron chi connectivity index (χ1n) is 6.40. The van der Waals surface area contributed by atoms with Gasteiger partial charge in [0.15, 0.2) is 0 Å². The first-order valence-corrected chi connectivity index (χ1v) is 6.40. The minimum absolute atomic E-state index is 0.385. The molecule has 0 saturated carbocycles. The van der Waals surface area contributed by atoms with E-state index in [1.165, 1.54) is 17.7 Å². The van der Waals surface area contributed by atoms with Crippen molar-refractivity contribution in [2.24, 2.45) is 0 Å². The maximum atomic E-state index is 13.3. The van der Waals surface area contributed by atoms with Gasteiger partial charge in [0.1, 0.15) is 5.82 Å². The zero-order valence-corrected chi connectivity index (χ0v) is 11.1. The number of aliphatic carboxylic acids is 1. The van der Waals surface area contributed by atoms with E-state index in [9.17, 15) is 9.18 Å². The fraction of sp³-hybridized carbons (Fsp3) is 0.118. The fourth-order valence-electron chi connectivity index (χ4n) is 2.03. The van der Waals surface area contributed by atoms with Crippen LogP contribution in [0.1, 0.15) is 23.6 Å². The molecule has 2 rings (SSSR count). The Balaban J connectivity index is 2.50. The summed E-state index contributed by atoms with van der Waals surface area (Å²) >= 11 is 0. The topological polar surface area (TPSA) is 37.3 Å². The highest BCUT2D eigenvalue weighted by Crippen LogP contribution is 2.24. The molecule has 1 N–H and O–H groups in total. The molecule has 102 valence electrons. The summed E-state index contributed by atoms with van der Waals surface area (Å²) in [6.45, 7) is 2.05. The zero-order valence-electron chi connectivity index (χ0n) is 11.1. The second-order valence-electron chi connectivity index (χ2n) is 4.46. The molecule has 0 unspecified atom stereocenters. The maximum Gasteiger partial charge on any atom is 0.328 e. The van der Waals surface area contributed by atoms with Crippen molar-refractivity contribution in [2.75, 3.05) is 0 Å². The summed E-state index contributed by atoms with van der Waals surface area (Å²) in [7, 11) is 0. The Hall–Kier alpha value is -2.42. The Bertz CT molecular complexity index is 642. The second-order valence-corrected chi connectivity index (χ2v) is 4.46. The van der Waals surface area contributed by atoms with Gasteiger partial charge in [0.05, 0.1) is 0 Å². The SMILES string of the molecule is CCc1ccc(/C(=C/C(=O)O)c2cccc(F)c2)cc1. The van der Waals surface area contributed by atoms with E-state index in [1.54, 1.807) is 12.1 Å². The van der Waals surface area contributed by atoms with Crippen molar-refractivity contribution in [3.05, 3.63) is 77.1 Å². The molecule has 0 aliphatic heterocycles. The van der Waals surface area contributed by atoms with Gasteiger partial charge >= 0.3 is 5.97 Å². The number of aryl methyl sites for hydroxylation is 1. The summed E-state index contributed by atoms with van der Waals surface area (Å²) in [6, 6.07) is 13.6. The largest absolute Gasteiger partial charge is 0.478 e. The molecule has 0 aliphatic rings. The van der Waals surface area contributed by atoms with Gasteiger partial charge in [-0.15, -0.1) is 0 Å². The third-order valence-corrected chi connectivity index (χ3v) is 3.08. The monoisotopic (exact) mass is 270 g/mol. The van der Waals surface area contributed by atoms with Crippen LogP contribution >= 0.6 is 0 Å². The van der Waals surface area contributed by atoms with Gasteiger partial charge in [0.25, 0.3) is 0 Å². The molecule has 0 spiro atoms. The first kappa shape index (κ1) is 14.0. The van der Waals surface area contributed by atoms with E-state index in [4.69, 9.17) is 5.11 Å². The zero-order chi connectivity index (χ0) is 14.5. The van der Waals surface area contributed by atoms with Crippen LogP contribution in [0.2, 0.25) is 0 Å². The molecule has 0 aromatic heterocycles. The lowest BCUT2D eigenvalue weighted by atomic mass is 9.96. The van der Waals surface area contributed by atoms with Crippen LogP contribution in [0, 0.1) is 5.82 Å². The molecule has 2 nitrogen and oxygen atoms in total. The molecule has 2 aromatic rings. The molecule has 0 saturated heterocycles. The number of hydrogen-bond donors (Lipinski definition) is 1. The van der Waals surface area contributed by atoms with Gasteiger partial charge in [-0.25, -0.2) is 9.18 Å². The van der Waals surface area contributed by atoms with Gasteiger partial charge < -0.3 is 5.11 Å². The van der Waals surface area contributed by atoms with E-state index in [-0.39, 0.29) is 5.82 Å². The van der Waals surface area contributed by atoms with Crippen molar-refractivity contribution in [3.8, 4) is 0 Å². The van der Waals surface area contributed by atoms with Crippen molar-refractivity contribution in [1.82, 2.24) is 0 Å². The number of hydrogen-bond acceptors (Lipinski definition) is 1. The van der Waals surface area contributed by atoms with Gasteiger partial charge in [0.2, 0.25) is 0 Å². The molecule has 3 heteroatoms. The van der Waals surface area contributed by atoms with Crippen molar-refractivity contribution in [3.63, 3.8) is 0 Å². The molecular formula is C17H15FO2. The van der Waals surface area contributed by atoms with E-state index >= 15 is 0 Å². The molecule has 0 atom stereocenters. The molecule has 0 radical (unpaired) electrons. The van der Waals surface area contributed by atoms with Crippen LogP contribution in [0.15, 0.2) is 54.6 Å². The Kier molecular flexibility index (Phi) is 4.31. The Morgan fingerprint density at radius 1 is 1.15 bits per heavy atom. The lowest BCUT2D eigenvalue weighted by molar-refractivity contribution is -0.131. The highest BCUT2D eigenvalue weighted by atomic mass is 19.1. The van der Waals surface area contributed by atoms with E-state index in [2.05, 4.69) is 6.92 Å². The van der Waals surface area contributed by atoms with Crippen molar-refractivity contribution in [2.45, 2.75) is 13.3 Å². The van der Waals surface area contributed by atoms with Gasteiger partial charge in [-0.3, -0.25) is 0 Å². The third kappa shape index (κ3) is 3.32. The first-order chi connectivity index (χ1) is 9.60. The van der Waals surface area contributed by atoms with Crippen molar-refractivity contribution >= 4 is 11.5 Å². The summed E-state index contributed by atoms with van der Waals surface area (Å²) in [6.07, 6.45) is 2.02. The summed E-state index contributed by atoms with van der Waals surface area (Å²) < 4.78 is 13.3. The molecule has 20 heavy (non-hydrogen) atoms. The Morgan fingerprint density at radius 3 is 2.40 bits per heavy atom. The number of halogens is 1. The van der Waals surface area contributed by atoms with Crippen LogP contribution in [0.4, 0.5) is 4.39 Å². The van der Waals surface area contributed by atoms with Crippen LogP contribution in [-0.4, -0.2) is 11.1 Å². The predicted molar refractivity (Wildman–Crippen MR) is 76.9 cm³/mol. The quantitative estimate of drug-likeness (QED) is 0.855. The lowest BCUT2D eigenvalue weighted by Crippen LogP contribution is -1.95. The predicted octanol–water partition coefficient (Wildman–Crippen LogP) is 3.90. The van der Waals surface area contributed by atoms with Crippen LogP contribution in [0.25, 0.3) is 5.57 Å². The molecule has 2 aromatic carbocycles. The smallest absolute Gasteiger partial charge is 0.328 e.